The zero-order chi connectivity index (χ0) is 10.8. The summed E-state index contributed by atoms with van der Waals surface area (Å²) in [4.78, 5) is 4.16. The predicted octanol–water partition coefficient (Wildman–Crippen LogP) is 2.97. The van der Waals surface area contributed by atoms with Gasteiger partial charge in [-0.05, 0) is 31.2 Å². The Balaban J connectivity index is 2.46. The smallest absolute Gasteiger partial charge is 0.134 e. The molecule has 3 nitrogen and oxygen atoms in total. The van der Waals surface area contributed by atoms with E-state index in [1.165, 1.54) is 0 Å². The number of fused-ring (bicyclic) bond motifs is 1. The molecule has 0 radical (unpaired) electrons. The van der Waals surface area contributed by atoms with Crippen LogP contribution in [0.3, 0.4) is 0 Å². The summed E-state index contributed by atoms with van der Waals surface area (Å²) in [6, 6.07) is 7.61. The molecule has 2 N–H and O–H groups in total. The lowest BCUT2D eigenvalue weighted by Crippen LogP contribution is -2.12. The Kier molecular flexibility index (Phi) is 2.64. The average Bonchev–Trinajstić information content (AvgIpc) is 2.57. The number of hydrogen-bond acceptors (Lipinski definition) is 2. The molecule has 2 aromatic rings. The zero-order valence-electron chi connectivity index (χ0n) is 8.33. The van der Waals surface area contributed by atoms with E-state index in [-0.39, 0.29) is 5.88 Å². The largest absolute Gasteiger partial charge is 0.461 e. The van der Waals surface area contributed by atoms with Gasteiger partial charge in [-0.15, -0.1) is 11.6 Å². The summed E-state index contributed by atoms with van der Waals surface area (Å²) in [5.74, 6) is 1.54. The van der Waals surface area contributed by atoms with Crippen LogP contribution in [0.5, 0.6) is 0 Å². The highest BCUT2D eigenvalue weighted by Crippen LogP contribution is 2.24. The fourth-order valence-electron chi connectivity index (χ4n) is 1.43. The van der Waals surface area contributed by atoms with E-state index in [2.05, 4.69) is 4.99 Å². The molecule has 0 saturated heterocycles. The maximum absolute atomic E-state index is 5.55. The van der Waals surface area contributed by atoms with E-state index in [1.807, 2.05) is 31.2 Å². The number of furan rings is 1. The minimum atomic E-state index is 0.239. The average molecular weight is 223 g/mol. The number of amidine groups is 1. The number of hydrogen-bond donors (Lipinski definition) is 1. The van der Waals surface area contributed by atoms with E-state index in [9.17, 15) is 0 Å². The van der Waals surface area contributed by atoms with Gasteiger partial charge in [0.05, 0.1) is 11.6 Å². The van der Waals surface area contributed by atoms with Gasteiger partial charge >= 0.3 is 0 Å². The first-order valence-corrected chi connectivity index (χ1v) is 5.11. The maximum atomic E-state index is 5.55. The Morgan fingerprint density at radius 1 is 1.47 bits per heavy atom. The van der Waals surface area contributed by atoms with Gasteiger partial charge in [-0.2, -0.15) is 0 Å². The summed E-state index contributed by atoms with van der Waals surface area (Å²) in [6.45, 7) is 1.91. The molecule has 78 valence electrons. The summed E-state index contributed by atoms with van der Waals surface area (Å²) in [5, 5.41) is 1.02. The number of alkyl halides is 1. The Labute approximate surface area is 92.5 Å². The molecule has 1 aromatic carbocycles. The lowest BCUT2D eigenvalue weighted by molar-refractivity contribution is 0.578. The first-order valence-electron chi connectivity index (χ1n) is 4.58. The molecule has 0 saturated carbocycles. The molecule has 0 aliphatic heterocycles. The lowest BCUT2D eigenvalue weighted by Gasteiger charge is -1.95. The second-order valence-corrected chi connectivity index (χ2v) is 3.58. The molecule has 0 aliphatic rings. The van der Waals surface area contributed by atoms with Crippen LogP contribution in [-0.2, 0) is 0 Å². The molecule has 0 aliphatic carbocycles. The molecule has 4 heteroatoms. The van der Waals surface area contributed by atoms with Gasteiger partial charge in [-0.25, -0.2) is 4.99 Å². The van der Waals surface area contributed by atoms with E-state index in [0.29, 0.717) is 5.84 Å². The molecule has 0 unspecified atom stereocenters. The van der Waals surface area contributed by atoms with Gasteiger partial charge < -0.3 is 10.2 Å². The Morgan fingerprint density at radius 3 is 3.00 bits per heavy atom. The summed E-state index contributed by atoms with van der Waals surface area (Å²) in [7, 11) is 0. The monoisotopic (exact) mass is 222 g/mol. The normalized spacial score (nSPS) is 12.3. The van der Waals surface area contributed by atoms with Crippen molar-refractivity contribution in [1.82, 2.24) is 0 Å². The van der Waals surface area contributed by atoms with Crippen LogP contribution < -0.4 is 5.73 Å². The van der Waals surface area contributed by atoms with Crippen LogP contribution in [0, 0.1) is 6.92 Å². The van der Waals surface area contributed by atoms with Gasteiger partial charge in [0.25, 0.3) is 0 Å². The van der Waals surface area contributed by atoms with Gasteiger partial charge in [0.15, 0.2) is 0 Å². The molecule has 1 heterocycles. The summed E-state index contributed by atoms with van der Waals surface area (Å²) >= 11 is 5.55. The predicted molar refractivity (Wildman–Crippen MR) is 63.0 cm³/mol. The fraction of sp³-hybridized carbons (Fsp3) is 0.182. The molecule has 0 atom stereocenters. The third-order valence-electron chi connectivity index (χ3n) is 2.03. The van der Waals surface area contributed by atoms with E-state index >= 15 is 0 Å². The second kappa shape index (κ2) is 3.95. The number of nitrogens with two attached hydrogens (primary N) is 1. The topological polar surface area (TPSA) is 51.5 Å². The highest BCUT2D eigenvalue weighted by Gasteiger charge is 2.01. The van der Waals surface area contributed by atoms with Crippen LogP contribution in [-0.4, -0.2) is 11.7 Å². The van der Waals surface area contributed by atoms with Crippen molar-refractivity contribution in [1.29, 1.82) is 0 Å². The van der Waals surface area contributed by atoms with Crippen molar-refractivity contribution in [3.63, 3.8) is 0 Å². The van der Waals surface area contributed by atoms with Crippen molar-refractivity contribution in [2.75, 3.05) is 5.88 Å². The van der Waals surface area contributed by atoms with Crippen molar-refractivity contribution in [3.05, 3.63) is 30.0 Å². The minimum Gasteiger partial charge on any atom is -0.461 e. The van der Waals surface area contributed by atoms with Crippen LogP contribution in [0.4, 0.5) is 5.69 Å². The van der Waals surface area contributed by atoms with Gasteiger partial charge in [0, 0.05) is 5.39 Å². The fourth-order valence-corrected chi connectivity index (χ4v) is 1.49. The van der Waals surface area contributed by atoms with Crippen LogP contribution in [0.15, 0.2) is 33.7 Å². The summed E-state index contributed by atoms with van der Waals surface area (Å²) < 4.78 is 5.45. The van der Waals surface area contributed by atoms with Gasteiger partial charge in [0.1, 0.15) is 17.2 Å². The van der Waals surface area contributed by atoms with Gasteiger partial charge in [-0.3, -0.25) is 0 Å². The molecule has 0 spiro atoms. The number of benzene rings is 1. The SMILES string of the molecule is Cc1cc2cc(N=C(N)CCl)ccc2o1. The van der Waals surface area contributed by atoms with Crippen LogP contribution in [0.2, 0.25) is 0 Å². The first kappa shape index (κ1) is 10.1. The van der Waals surface area contributed by atoms with Crippen LogP contribution in [0.1, 0.15) is 5.76 Å². The number of rotatable bonds is 2. The van der Waals surface area contributed by atoms with Crippen molar-refractivity contribution in [3.8, 4) is 0 Å². The molecule has 15 heavy (non-hydrogen) atoms. The summed E-state index contributed by atoms with van der Waals surface area (Å²) in [6.07, 6.45) is 0. The van der Waals surface area contributed by atoms with Gasteiger partial charge in [0.2, 0.25) is 0 Å². The molecule has 0 fully saturated rings. The van der Waals surface area contributed by atoms with E-state index in [0.717, 1.165) is 22.4 Å². The summed E-state index contributed by atoms with van der Waals surface area (Å²) in [5.41, 5.74) is 7.20. The third kappa shape index (κ3) is 2.13. The standard InChI is InChI=1S/C11H11ClN2O/c1-7-4-8-5-9(14-11(13)6-12)2-3-10(8)15-7/h2-5H,6H2,1H3,(H2,13,14). The first-order chi connectivity index (χ1) is 7.19. The van der Waals surface area contributed by atoms with Gasteiger partial charge in [-0.1, -0.05) is 0 Å². The van der Waals surface area contributed by atoms with E-state index < -0.39 is 0 Å². The Morgan fingerprint density at radius 2 is 2.27 bits per heavy atom. The van der Waals surface area contributed by atoms with E-state index in [4.69, 9.17) is 21.8 Å². The number of aliphatic imine (C=N–C) groups is 1. The highest BCUT2D eigenvalue weighted by atomic mass is 35.5. The molecule has 0 amide bonds. The maximum Gasteiger partial charge on any atom is 0.134 e. The number of halogens is 1. The highest BCUT2D eigenvalue weighted by molar-refractivity contribution is 6.28. The second-order valence-electron chi connectivity index (χ2n) is 3.32. The van der Waals surface area contributed by atoms with E-state index in [1.54, 1.807) is 0 Å². The molecular weight excluding hydrogens is 212 g/mol. The lowest BCUT2D eigenvalue weighted by atomic mass is 10.2. The number of nitrogens with zero attached hydrogens (tertiary/aromatic N) is 1. The third-order valence-corrected chi connectivity index (χ3v) is 2.31. The quantitative estimate of drug-likeness (QED) is 0.483. The van der Waals surface area contributed by atoms with Crippen LogP contribution in [0.25, 0.3) is 11.0 Å². The van der Waals surface area contributed by atoms with Crippen molar-refractivity contribution >= 4 is 34.1 Å². The van der Waals surface area contributed by atoms with Crippen molar-refractivity contribution < 1.29 is 4.42 Å². The molecular formula is C11H11ClN2O. The molecule has 1 aromatic heterocycles. The van der Waals surface area contributed by atoms with Crippen LogP contribution >= 0.6 is 11.6 Å². The Hall–Kier alpha value is -1.48. The molecule has 2 rings (SSSR count). The van der Waals surface area contributed by atoms with Crippen molar-refractivity contribution in [2.45, 2.75) is 6.92 Å². The zero-order valence-corrected chi connectivity index (χ0v) is 9.08. The minimum absolute atomic E-state index is 0.239. The Bertz CT molecular complexity index is 516. The molecule has 0 bridgehead atoms. The number of aryl methyl sites for hydroxylation is 1. The van der Waals surface area contributed by atoms with Crippen molar-refractivity contribution in [2.24, 2.45) is 10.7 Å².